The molecule has 6 atom stereocenters. The first-order valence-electron chi connectivity index (χ1n) is 8.74. The molecule has 1 fully saturated rings. The molecule has 0 saturated carbocycles. The van der Waals surface area contributed by atoms with Crippen molar-refractivity contribution in [3.63, 3.8) is 0 Å². The third kappa shape index (κ3) is 3.60. The lowest BCUT2D eigenvalue weighted by molar-refractivity contribution is 0.591. The quantitative estimate of drug-likeness (QED) is 0.448. The summed E-state index contributed by atoms with van der Waals surface area (Å²) in [5.41, 5.74) is 0. The molecule has 2 aliphatic rings. The molecule has 3 rings (SSSR count). The van der Waals surface area contributed by atoms with Crippen LogP contribution in [-0.2, 0) is 4.57 Å². The fourth-order valence-corrected chi connectivity index (χ4v) is 19.3. The van der Waals surface area contributed by atoms with Crippen LogP contribution in [-0.4, -0.2) is 43.4 Å². The second-order valence-corrected chi connectivity index (χ2v) is 18.7. The number of hydrogen-bond acceptors (Lipinski definition) is 1. The molecule has 0 radical (unpaired) electrons. The lowest BCUT2D eigenvalue weighted by atomic mass is 10.4. The molecule has 26 heavy (non-hydrogen) atoms. The number of rotatable bonds is 6. The van der Waals surface area contributed by atoms with Crippen molar-refractivity contribution < 1.29 is 4.57 Å². The van der Waals surface area contributed by atoms with Gasteiger partial charge >= 0.3 is 0 Å². The molecule has 0 aromatic heterocycles. The van der Waals surface area contributed by atoms with Crippen LogP contribution < -0.4 is 10.6 Å². The summed E-state index contributed by atoms with van der Waals surface area (Å²) < 4.78 is 14.4. The second kappa shape index (κ2) is 8.93. The Kier molecular flexibility index (Phi) is 7.30. The molecular weight excluding hydrogens is 430 g/mol. The fraction of sp³-hybridized carbons (Fsp3) is 0.368. The zero-order chi connectivity index (χ0) is 18.9. The summed E-state index contributed by atoms with van der Waals surface area (Å²) in [6.07, 6.45) is 15.5. The van der Waals surface area contributed by atoms with Gasteiger partial charge in [-0.25, -0.2) is 0 Å². The summed E-state index contributed by atoms with van der Waals surface area (Å²) in [5.74, 6) is 0. The summed E-state index contributed by atoms with van der Waals surface area (Å²) in [6.45, 7) is 6.65. The summed E-state index contributed by atoms with van der Waals surface area (Å²) in [7, 11) is -0.737. The Hall–Kier alpha value is 0.560. The van der Waals surface area contributed by atoms with Gasteiger partial charge in [-0.15, -0.1) is 8.20 Å². The Morgan fingerprint density at radius 3 is 2.35 bits per heavy atom. The van der Waals surface area contributed by atoms with Gasteiger partial charge in [0.25, 0.3) is 0 Å². The zero-order valence-corrected chi connectivity index (χ0v) is 21.2. The van der Waals surface area contributed by atoms with Gasteiger partial charge in [-0.05, 0) is 51.5 Å². The Labute approximate surface area is 165 Å². The standard InChI is InChI=1S/C19H27OP6/c1-21-16-10-13-19(24(4)5)25(16)14-8-6-7-9-15(14)26(20)17(22-2)11-12-18(26)23-3/h6-9,11-12,16,19,22-23H,1,4,10,13H2,2-3,5H3/q+1. The lowest BCUT2D eigenvalue weighted by Crippen LogP contribution is -2.26. The van der Waals surface area contributed by atoms with Crippen LogP contribution in [0.2, 0.25) is 0 Å². The molecule has 0 N–H and O–H groups in total. The number of hydrogen-bond donors (Lipinski definition) is 0. The van der Waals surface area contributed by atoms with E-state index >= 15 is 0 Å². The number of allylic oxidation sites excluding steroid dienone is 2. The summed E-state index contributed by atoms with van der Waals surface area (Å²) in [4.78, 5) is 0. The van der Waals surface area contributed by atoms with Gasteiger partial charge in [-0.1, -0.05) is 47.7 Å². The van der Waals surface area contributed by atoms with Crippen LogP contribution in [0.15, 0.2) is 46.5 Å². The Morgan fingerprint density at radius 1 is 1.19 bits per heavy atom. The van der Waals surface area contributed by atoms with Crippen molar-refractivity contribution in [1.29, 1.82) is 0 Å². The maximum atomic E-state index is 14.4. The SMILES string of the molecule is C=PC1CCC([P+](=C)C)P1c1ccccc1P1(=O)C(PC)=CC=C1PC. The van der Waals surface area contributed by atoms with Gasteiger partial charge in [0.15, 0.2) is 7.14 Å². The molecule has 0 spiro atoms. The third-order valence-corrected chi connectivity index (χ3v) is 20.5. The predicted molar refractivity (Wildman–Crippen MR) is 136 cm³/mol. The highest BCUT2D eigenvalue weighted by Gasteiger charge is 2.45. The van der Waals surface area contributed by atoms with Gasteiger partial charge in [0.05, 0.1) is 20.5 Å². The largest absolute Gasteiger partial charge is 0.309 e. The normalized spacial score (nSPS) is 32.7. The molecule has 2 aliphatic heterocycles. The van der Waals surface area contributed by atoms with Crippen LogP contribution in [0.4, 0.5) is 0 Å². The van der Waals surface area contributed by atoms with Crippen molar-refractivity contribution in [2.45, 2.75) is 23.6 Å². The molecule has 6 unspecified atom stereocenters. The van der Waals surface area contributed by atoms with E-state index in [0.717, 1.165) is 15.4 Å². The van der Waals surface area contributed by atoms with Crippen molar-refractivity contribution in [1.82, 2.24) is 0 Å². The first-order valence-corrected chi connectivity index (χ1v) is 18.1. The van der Waals surface area contributed by atoms with Crippen molar-refractivity contribution in [3.05, 3.63) is 46.5 Å². The van der Waals surface area contributed by atoms with Crippen molar-refractivity contribution in [2.75, 3.05) is 20.0 Å². The van der Waals surface area contributed by atoms with E-state index in [0.29, 0.717) is 28.0 Å². The van der Waals surface area contributed by atoms with Crippen molar-refractivity contribution in [3.8, 4) is 0 Å². The minimum Gasteiger partial charge on any atom is -0.309 e. The first-order chi connectivity index (χ1) is 12.5. The van der Waals surface area contributed by atoms with E-state index in [4.69, 9.17) is 0 Å². The van der Waals surface area contributed by atoms with E-state index in [9.17, 15) is 4.57 Å². The summed E-state index contributed by atoms with van der Waals surface area (Å²) in [6, 6.07) is 8.67. The van der Waals surface area contributed by atoms with Gasteiger partial charge in [-0.2, -0.15) is 0 Å². The van der Waals surface area contributed by atoms with E-state index in [1.165, 1.54) is 26.4 Å². The molecule has 1 saturated heterocycles. The molecule has 0 amide bonds. The van der Waals surface area contributed by atoms with Crippen LogP contribution in [0.5, 0.6) is 0 Å². The fourth-order valence-electron chi connectivity index (χ4n) is 3.90. The van der Waals surface area contributed by atoms with Gasteiger partial charge in [0.1, 0.15) is 5.40 Å². The van der Waals surface area contributed by atoms with Gasteiger partial charge in [0.2, 0.25) is 0 Å². The van der Waals surface area contributed by atoms with Gasteiger partial charge in [0, 0.05) is 20.8 Å². The lowest BCUT2D eigenvalue weighted by Gasteiger charge is -2.27. The van der Waals surface area contributed by atoms with Crippen LogP contribution >= 0.6 is 48.0 Å². The van der Waals surface area contributed by atoms with E-state index in [2.05, 4.69) is 69.0 Å². The molecule has 138 valence electrons. The topological polar surface area (TPSA) is 17.1 Å². The Morgan fingerprint density at radius 2 is 1.81 bits per heavy atom. The van der Waals surface area contributed by atoms with Crippen LogP contribution in [0, 0.1) is 0 Å². The van der Waals surface area contributed by atoms with Crippen molar-refractivity contribution >= 4 is 71.2 Å². The Bertz CT molecular complexity index is 816. The third-order valence-electron chi connectivity index (χ3n) is 5.13. The highest BCUT2D eigenvalue weighted by atomic mass is 31.2. The minimum atomic E-state index is -2.60. The molecule has 2 heterocycles. The highest BCUT2D eigenvalue weighted by molar-refractivity contribution is 7.95. The maximum Gasteiger partial charge on any atom is 0.171 e. The Balaban J connectivity index is 2.19. The minimum absolute atomic E-state index is 0.236. The molecule has 7 heteroatoms. The molecule has 1 aromatic rings. The van der Waals surface area contributed by atoms with Gasteiger partial charge < -0.3 is 4.57 Å². The smallest absolute Gasteiger partial charge is 0.171 e. The molecule has 1 aromatic carbocycles. The molecular formula is C19H27OP6+. The predicted octanol–water partition coefficient (Wildman–Crippen LogP) is 6.46. The summed E-state index contributed by atoms with van der Waals surface area (Å²) in [5, 5.41) is 6.17. The van der Waals surface area contributed by atoms with E-state index in [1.54, 1.807) is 0 Å². The molecule has 0 aliphatic carbocycles. The van der Waals surface area contributed by atoms with Gasteiger partial charge in [-0.3, -0.25) is 0 Å². The van der Waals surface area contributed by atoms with Crippen LogP contribution in [0.25, 0.3) is 0 Å². The average molecular weight is 457 g/mol. The molecule has 0 bridgehead atoms. The zero-order valence-electron chi connectivity index (χ0n) is 15.6. The second-order valence-electron chi connectivity index (χ2n) is 6.59. The monoisotopic (exact) mass is 457 g/mol. The maximum absolute atomic E-state index is 14.4. The van der Waals surface area contributed by atoms with Crippen molar-refractivity contribution in [2.24, 2.45) is 0 Å². The highest BCUT2D eigenvalue weighted by Crippen LogP contribution is 2.73. The average Bonchev–Trinajstić information content (AvgIpc) is 3.22. The van der Waals surface area contributed by atoms with Crippen LogP contribution in [0.1, 0.15) is 12.8 Å². The molecule has 1 nitrogen and oxygen atoms in total. The van der Waals surface area contributed by atoms with E-state index in [-0.39, 0.29) is 15.5 Å². The first kappa shape index (κ1) is 21.3. The summed E-state index contributed by atoms with van der Waals surface area (Å²) >= 11 is 0. The van der Waals surface area contributed by atoms with E-state index < -0.39 is 7.14 Å². The van der Waals surface area contributed by atoms with Crippen LogP contribution in [0.3, 0.4) is 0 Å². The van der Waals surface area contributed by atoms with E-state index in [1.807, 2.05) is 0 Å². The number of benzene rings is 1.